The Bertz CT molecular complexity index is 887. The van der Waals surface area contributed by atoms with E-state index in [0.717, 1.165) is 10.3 Å². The Morgan fingerprint density at radius 2 is 2.00 bits per heavy atom. The van der Waals surface area contributed by atoms with Gasteiger partial charge in [-0.15, -0.1) is 0 Å². The Morgan fingerprint density at radius 3 is 2.68 bits per heavy atom. The summed E-state index contributed by atoms with van der Waals surface area (Å²) in [6, 6.07) is 5.09. The number of allylic oxidation sites excluding steroid dienone is 1. The maximum Gasteiger partial charge on any atom is 0.534 e. The lowest BCUT2D eigenvalue weighted by Crippen LogP contribution is -2.41. The van der Waals surface area contributed by atoms with Crippen molar-refractivity contribution in [3.63, 3.8) is 0 Å². The summed E-state index contributed by atoms with van der Waals surface area (Å²) in [5, 5.41) is 12.0. The van der Waals surface area contributed by atoms with Gasteiger partial charge in [-0.05, 0) is 22.4 Å². The van der Waals surface area contributed by atoms with Crippen molar-refractivity contribution in [2.75, 3.05) is 6.54 Å². The van der Waals surface area contributed by atoms with Crippen molar-refractivity contribution in [3.8, 4) is 0 Å². The molecule has 3 rings (SSSR count). The molecule has 1 heterocycles. The number of hydroxylamine groups is 2. The first-order chi connectivity index (χ1) is 10.2. The van der Waals surface area contributed by atoms with Crippen LogP contribution in [0.25, 0.3) is 11.8 Å². The van der Waals surface area contributed by atoms with Gasteiger partial charge in [-0.25, -0.2) is 0 Å². The van der Waals surface area contributed by atoms with E-state index in [2.05, 4.69) is 4.18 Å². The van der Waals surface area contributed by atoms with Crippen molar-refractivity contribution in [2.24, 2.45) is 0 Å². The molecule has 118 valence electrons. The van der Waals surface area contributed by atoms with Crippen molar-refractivity contribution in [1.29, 1.82) is 0 Å². The van der Waals surface area contributed by atoms with Crippen LogP contribution in [-0.4, -0.2) is 30.7 Å². The first-order valence-electron chi connectivity index (χ1n) is 6.17. The van der Waals surface area contributed by atoms with E-state index >= 15 is 0 Å². The van der Waals surface area contributed by atoms with Gasteiger partial charge in [-0.2, -0.15) is 21.6 Å². The van der Waals surface area contributed by atoms with Gasteiger partial charge in [-0.3, -0.25) is 10.3 Å². The first kappa shape index (κ1) is 14.9. The summed E-state index contributed by atoms with van der Waals surface area (Å²) in [4.78, 5) is 0. The summed E-state index contributed by atoms with van der Waals surface area (Å²) >= 11 is 0. The third-order valence-electron chi connectivity index (χ3n) is 3.32. The third-order valence-corrected chi connectivity index (χ3v) is 4.33. The summed E-state index contributed by atoms with van der Waals surface area (Å²) in [5.74, 6) is -0.327. The van der Waals surface area contributed by atoms with E-state index in [0.29, 0.717) is 16.4 Å². The van der Waals surface area contributed by atoms with E-state index in [4.69, 9.17) is 0 Å². The number of rotatable bonds is 2. The second-order valence-electron chi connectivity index (χ2n) is 4.90. The summed E-state index contributed by atoms with van der Waals surface area (Å²) in [5.41, 5.74) is -4.34. The Balaban J connectivity index is 2.07. The fourth-order valence-corrected chi connectivity index (χ4v) is 3.00. The Kier molecular flexibility index (Phi) is 3.22. The summed E-state index contributed by atoms with van der Waals surface area (Å²) < 4.78 is 63.6. The van der Waals surface area contributed by atoms with Gasteiger partial charge in [0.25, 0.3) is 0 Å². The van der Waals surface area contributed by atoms with Crippen LogP contribution in [0.4, 0.5) is 13.2 Å². The van der Waals surface area contributed by atoms with Crippen molar-refractivity contribution in [3.05, 3.63) is 46.0 Å². The Hall–Kier alpha value is -2.00. The lowest BCUT2D eigenvalue weighted by Gasteiger charge is -2.23. The molecule has 0 aromatic heterocycles. The van der Waals surface area contributed by atoms with Crippen LogP contribution >= 0.6 is 0 Å². The second kappa shape index (κ2) is 4.75. The fourth-order valence-electron chi connectivity index (χ4n) is 2.52. The van der Waals surface area contributed by atoms with Crippen LogP contribution in [0.2, 0.25) is 0 Å². The summed E-state index contributed by atoms with van der Waals surface area (Å²) in [6.07, 6.45) is 2.65. The molecule has 0 amide bonds. The highest BCUT2D eigenvalue weighted by molar-refractivity contribution is 7.87. The Morgan fingerprint density at radius 1 is 1.27 bits per heavy atom. The topological polar surface area (TPSA) is 66.8 Å². The van der Waals surface area contributed by atoms with E-state index < -0.39 is 15.6 Å². The molecule has 1 aliphatic heterocycles. The van der Waals surface area contributed by atoms with Gasteiger partial charge in [0, 0.05) is 17.8 Å². The predicted octanol–water partition coefficient (Wildman–Crippen LogP) is 0.586. The average Bonchev–Trinajstić information content (AvgIpc) is 2.36. The number of hydrogen-bond acceptors (Lipinski definition) is 5. The van der Waals surface area contributed by atoms with Crippen LogP contribution in [0.3, 0.4) is 0 Å². The van der Waals surface area contributed by atoms with E-state index in [9.17, 15) is 26.8 Å². The maximum atomic E-state index is 12.4. The lowest BCUT2D eigenvalue weighted by molar-refractivity contribution is -0.0523. The Labute approximate surface area is 123 Å². The third kappa shape index (κ3) is 2.46. The molecular weight excluding hydrogens is 323 g/mol. The first-order valence-corrected chi connectivity index (χ1v) is 7.58. The highest BCUT2D eigenvalue weighted by Crippen LogP contribution is 2.28. The molecule has 2 aliphatic rings. The monoisotopic (exact) mass is 333 g/mol. The molecule has 1 aromatic rings. The molecule has 0 fully saturated rings. The fraction of sp³-hybridized carbons (Fsp3) is 0.231. The quantitative estimate of drug-likeness (QED) is 0.634. The number of benzene rings is 1. The zero-order valence-electron chi connectivity index (χ0n) is 11.0. The number of halogens is 3. The van der Waals surface area contributed by atoms with Crippen LogP contribution in [0.5, 0.6) is 0 Å². The smallest absolute Gasteiger partial charge is 0.380 e. The molecule has 22 heavy (non-hydrogen) atoms. The van der Waals surface area contributed by atoms with Gasteiger partial charge in [0.05, 0.1) is 6.54 Å². The van der Waals surface area contributed by atoms with Gasteiger partial charge >= 0.3 is 15.6 Å². The number of nitrogens with zero attached hydrogens (tertiary/aromatic N) is 1. The molecule has 0 radical (unpaired) electrons. The molecule has 1 aromatic carbocycles. The molecule has 0 bridgehead atoms. The molecular formula is C13H10F3NO4S. The molecule has 1 aliphatic carbocycles. The van der Waals surface area contributed by atoms with Crippen molar-refractivity contribution >= 4 is 21.9 Å². The van der Waals surface area contributed by atoms with Gasteiger partial charge in [0.1, 0.15) is 5.76 Å². The summed E-state index contributed by atoms with van der Waals surface area (Å²) in [7, 11) is -5.70. The molecule has 0 unspecified atom stereocenters. The van der Waals surface area contributed by atoms with Crippen molar-refractivity contribution in [2.45, 2.75) is 11.9 Å². The molecule has 0 spiro atoms. The average molecular weight is 333 g/mol. The minimum absolute atomic E-state index is 0.0307. The zero-order chi connectivity index (χ0) is 16.1. The predicted molar refractivity (Wildman–Crippen MR) is 69.9 cm³/mol. The van der Waals surface area contributed by atoms with E-state index in [-0.39, 0.29) is 18.7 Å². The second-order valence-corrected chi connectivity index (χ2v) is 6.44. The molecule has 0 saturated carbocycles. The van der Waals surface area contributed by atoms with Crippen LogP contribution in [0.1, 0.15) is 5.56 Å². The van der Waals surface area contributed by atoms with Crippen molar-refractivity contribution < 1.29 is 31.0 Å². The minimum Gasteiger partial charge on any atom is -0.380 e. The summed E-state index contributed by atoms with van der Waals surface area (Å²) in [6.45, 7) is 0.0307. The molecule has 5 nitrogen and oxygen atoms in total. The van der Waals surface area contributed by atoms with Crippen LogP contribution in [0, 0.1) is 0 Å². The maximum absolute atomic E-state index is 12.4. The molecule has 0 saturated heterocycles. The molecule has 9 heteroatoms. The van der Waals surface area contributed by atoms with Gasteiger partial charge in [0.2, 0.25) is 0 Å². The highest BCUT2D eigenvalue weighted by Gasteiger charge is 2.49. The van der Waals surface area contributed by atoms with Crippen LogP contribution < -0.4 is 10.4 Å². The highest BCUT2D eigenvalue weighted by atomic mass is 32.2. The standard InChI is InChI=1S/C13H10F3NO4S/c14-13(15,16)22(19,20)21-11-4-8-2-1-3-9-6-17(18)7-10(5-11)12(8)9/h1-3,5-6,18H,4,7H2. The lowest BCUT2D eigenvalue weighted by atomic mass is 9.95. The van der Waals surface area contributed by atoms with Crippen LogP contribution in [0.15, 0.2) is 30.0 Å². The van der Waals surface area contributed by atoms with Gasteiger partial charge in [-0.1, -0.05) is 18.2 Å². The van der Waals surface area contributed by atoms with Gasteiger partial charge in [0.15, 0.2) is 0 Å². The minimum atomic E-state index is -5.70. The largest absolute Gasteiger partial charge is 0.534 e. The molecule has 0 atom stereocenters. The van der Waals surface area contributed by atoms with Crippen LogP contribution in [-0.2, 0) is 20.7 Å². The molecule has 1 N–H and O–H groups in total. The van der Waals surface area contributed by atoms with Gasteiger partial charge < -0.3 is 4.18 Å². The number of hydrogen-bond donors (Lipinski definition) is 1. The SMILES string of the molecule is O=S(=O)(OC1=CC2=c3c(cccc3=CN(O)C2)C1)C(F)(F)F. The van der Waals surface area contributed by atoms with E-state index in [1.165, 1.54) is 12.3 Å². The number of alkyl halides is 3. The normalized spacial score (nSPS) is 17.5. The zero-order valence-corrected chi connectivity index (χ0v) is 11.8. The van der Waals surface area contributed by atoms with E-state index in [1.54, 1.807) is 18.2 Å². The van der Waals surface area contributed by atoms with E-state index in [1.807, 2.05) is 0 Å². The van der Waals surface area contributed by atoms with Crippen molar-refractivity contribution in [1.82, 2.24) is 5.06 Å².